The van der Waals surface area contributed by atoms with Gasteiger partial charge in [0.15, 0.2) is 0 Å². The molecule has 5 rings (SSSR count). The molecule has 2 aliphatic rings. The molecular formula is C25H28N6O4. The number of carbonyl (C=O) groups is 1. The van der Waals surface area contributed by atoms with E-state index in [9.17, 15) is 15.0 Å². The molecule has 182 valence electrons. The fourth-order valence-electron chi connectivity index (χ4n) is 4.31. The summed E-state index contributed by atoms with van der Waals surface area (Å²) in [5, 5.41) is 23.7. The third-order valence-electron chi connectivity index (χ3n) is 6.11. The first-order valence-corrected chi connectivity index (χ1v) is 11.9. The minimum atomic E-state index is -0.650. The van der Waals surface area contributed by atoms with Gasteiger partial charge in [0, 0.05) is 37.9 Å². The highest BCUT2D eigenvalue weighted by Crippen LogP contribution is 2.27. The van der Waals surface area contributed by atoms with Crippen LogP contribution in [0.15, 0.2) is 48.5 Å². The predicted octanol–water partition coefficient (Wildman–Crippen LogP) is 3.10. The van der Waals surface area contributed by atoms with Gasteiger partial charge in [-0.25, -0.2) is 4.79 Å². The van der Waals surface area contributed by atoms with Crippen molar-refractivity contribution in [3.8, 4) is 11.5 Å². The molecule has 2 saturated heterocycles. The van der Waals surface area contributed by atoms with Crippen LogP contribution in [0.3, 0.4) is 0 Å². The van der Waals surface area contributed by atoms with E-state index in [2.05, 4.69) is 25.2 Å². The third-order valence-corrected chi connectivity index (χ3v) is 6.11. The number of carbonyl (C=O) groups excluding carboxylic acids is 1. The lowest BCUT2D eigenvalue weighted by molar-refractivity contribution is 0.0731. The van der Waals surface area contributed by atoms with Gasteiger partial charge < -0.3 is 30.1 Å². The van der Waals surface area contributed by atoms with Crippen molar-refractivity contribution in [2.45, 2.75) is 31.8 Å². The molecule has 1 unspecified atom stereocenters. The van der Waals surface area contributed by atoms with E-state index in [-0.39, 0.29) is 11.3 Å². The molecule has 10 heteroatoms. The zero-order valence-corrected chi connectivity index (χ0v) is 19.3. The number of esters is 1. The van der Waals surface area contributed by atoms with Gasteiger partial charge in [0.05, 0.1) is 6.10 Å². The smallest absolute Gasteiger partial charge is 0.347 e. The van der Waals surface area contributed by atoms with Crippen molar-refractivity contribution < 1.29 is 19.7 Å². The molecule has 0 radical (unpaired) electrons. The summed E-state index contributed by atoms with van der Waals surface area (Å²) >= 11 is 0. The first-order chi connectivity index (χ1) is 17.0. The minimum Gasteiger partial charge on any atom is -0.507 e. The number of aliphatic hydroxyl groups is 1. The van der Waals surface area contributed by atoms with Crippen LogP contribution in [-0.4, -0.2) is 63.4 Å². The van der Waals surface area contributed by atoms with Crippen molar-refractivity contribution in [1.29, 1.82) is 0 Å². The van der Waals surface area contributed by atoms with Gasteiger partial charge in [-0.15, -0.1) is 0 Å². The van der Waals surface area contributed by atoms with E-state index in [1.165, 1.54) is 12.1 Å². The number of anilines is 4. The number of phenolic OH excluding ortho intramolecular Hbond substituents is 1. The Labute approximate surface area is 203 Å². The van der Waals surface area contributed by atoms with Gasteiger partial charge in [-0.1, -0.05) is 18.2 Å². The van der Waals surface area contributed by atoms with E-state index >= 15 is 0 Å². The van der Waals surface area contributed by atoms with Crippen molar-refractivity contribution in [2.24, 2.45) is 0 Å². The summed E-state index contributed by atoms with van der Waals surface area (Å²) in [6, 6.07) is 13.3. The molecule has 0 aliphatic carbocycles. The van der Waals surface area contributed by atoms with Gasteiger partial charge >= 0.3 is 5.97 Å². The summed E-state index contributed by atoms with van der Waals surface area (Å²) < 4.78 is 5.32. The Morgan fingerprint density at radius 1 is 0.943 bits per heavy atom. The largest absolute Gasteiger partial charge is 0.507 e. The second kappa shape index (κ2) is 10.1. The van der Waals surface area contributed by atoms with Gasteiger partial charge in [-0.3, -0.25) is 0 Å². The normalized spacial score (nSPS) is 17.9. The van der Waals surface area contributed by atoms with E-state index < -0.39 is 12.1 Å². The number of nitrogens with zero attached hydrogens (tertiary/aromatic N) is 5. The number of aromatic nitrogens is 3. The summed E-state index contributed by atoms with van der Waals surface area (Å²) in [4.78, 5) is 30.4. The average molecular weight is 477 g/mol. The van der Waals surface area contributed by atoms with E-state index in [0.29, 0.717) is 35.8 Å². The number of hydrogen-bond donors (Lipinski definition) is 3. The number of aliphatic hydroxyl groups excluding tert-OH is 1. The summed E-state index contributed by atoms with van der Waals surface area (Å²) in [6.07, 6.45) is 3.39. The van der Waals surface area contributed by atoms with Crippen LogP contribution in [0.25, 0.3) is 0 Å². The van der Waals surface area contributed by atoms with Crippen LogP contribution in [-0.2, 0) is 0 Å². The van der Waals surface area contributed by atoms with E-state index in [1.807, 2.05) is 11.0 Å². The lowest BCUT2D eigenvalue weighted by Crippen LogP contribution is -2.39. The molecule has 3 heterocycles. The second-order valence-corrected chi connectivity index (χ2v) is 8.75. The van der Waals surface area contributed by atoms with Crippen LogP contribution in [0.2, 0.25) is 0 Å². The van der Waals surface area contributed by atoms with Crippen LogP contribution >= 0.6 is 0 Å². The Bertz CT molecular complexity index is 1190. The highest BCUT2D eigenvalue weighted by atomic mass is 16.5. The molecular weight excluding hydrogens is 448 g/mol. The average Bonchev–Trinajstić information content (AvgIpc) is 3.40. The van der Waals surface area contributed by atoms with Gasteiger partial charge in [0.1, 0.15) is 17.1 Å². The summed E-state index contributed by atoms with van der Waals surface area (Å²) in [5.41, 5.74) is 0.567. The second-order valence-electron chi connectivity index (χ2n) is 8.75. The maximum absolute atomic E-state index is 12.5. The molecule has 2 fully saturated rings. The van der Waals surface area contributed by atoms with E-state index in [0.717, 1.165) is 45.3 Å². The molecule has 0 amide bonds. The topological polar surface area (TPSA) is 124 Å². The summed E-state index contributed by atoms with van der Waals surface area (Å²) in [7, 11) is 0. The van der Waals surface area contributed by atoms with Gasteiger partial charge in [0.2, 0.25) is 17.8 Å². The van der Waals surface area contributed by atoms with Crippen LogP contribution < -0.4 is 19.9 Å². The zero-order valence-electron chi connectivity index (χ0n) is 19.3. The fourth-order valence-corrected chi connectivity index (χ4v) is 4.31. The fraction of sp³-hybridized carbons (Fsp3) is 0.360. The Morgan fingerprint density at radius 3 is 2.37 bits per heavy atom. The zero-order chi connectivity index (χ0) is 24.2. The van der Waals surface area contributed by atoms with Crippen LogP contribution in [0.5, 0.6) is 11.5 Å². The monoisotopic (exact) mass is 476 g/mol. The molecule has 2 aromatic carbocycles. The first kappa shape index (κ1) is 22.9. The quantitative estimate of drug-likeness (QED) is 0.361. The number of hydrogen-bond acceptors (Lipinski definition) is 10. The van der Waals surface area contributed by atoms with Gasteiger partial charge in [-0.2, -0.15) is 15.0 Å². The highest BCUT2D eigenvalue weighted by molar-refractivity contribution is 5.94. The minimum absolute atomic E-state index is 0.0517. The van der Waals surface area contributed by atoms with Gasteiger partial charge in [0.25, 0.3) is 0 Å². The molecule has 1 atom stereocenters. The molecule has 0 bridgehead atoms. The number of nitrogens with one attached hydrogen (secondary N) is 1. The lowest BCUT2D eigenvalue weighted by Gasteiger charge is -2.30. The highest BCUT2D eigenvalue weighted by Gasteiger charge is 2.24. The molecule has 2 aliphatic heterocycles. The third kappa shape index (κ3) is 5.43. The number of benzene rings is 2. The van der Waals surface area contributed by atoms with Crippen molar-refractivity contribution in [3.05, 3.63) is 54.1 Å². The number of aromatic hydroxyl groups is 1. The van der Waals surface area contributed by atoms with Crippen LogP contribution in [0.1, 0.15) is 36.0 Å². The number of ether oxygens (including phenoxy) is 1. The first-order valence-electron chi connectivity index (χ1n) is 11.9. The predicted molar refractivity (Wildman–Crippen MR) is 132 cm³/mol. The Kier molecular flexibility index (Phi) is 6.62. The molecule has 3 aromatic rings. The molecule has 0 saturated carbocycles. The number of rotatable bonds is 6. The van der Waals surface area contributed by atoms with Crippen LogP contribution in [0, 0.1) is 0 Å². The summed E-state index contributed by atoms with van der Waals surface area (Å²) in [6.45, 7) is 3.00. The number of β-amino-alcohol motifs (C(OH)–C–C–N with tert-alkyl or cyclic N) is 1. The molecule has 1 aromatic heterocycles. The van der Waals surface area contributed by atoms with Crippen molar-refractivity contribution in [2.75, 3.05) is 41.3 Å². The molecule has 35 heavy (non-hydrogen) atoms. The van der Waals surface area contributed by atoms with Crippen molar-refractivity contribution in [1.82, 2.24) is 15.0 Å². The van der Waals surface area contributed by atoms with E-state index in [1.54, 1.807) is 30.3 Å². The van der Waals surface area contributed by atoms with Crippen molar-refractivity contribution in [3.63, 3.8) is 0 Å². The maximum atomic E-state index is 12.5. The lowest BCUT2D eigenvalue weighted by atomic mass is 10.1. The Hall–Kier alpha value is -3.92. The number of piperidine rings is 1. The number of phenols is 1. The van der Waals surface area contributed by atoms with E-state index in [4.69, 9.17) is 4.74 Å². The molecule has 0 spiro atoms. The van der Waals surface area contributed by atoms with Gasteiger partial charge in [-0.05, 0) is 49.9 Å². The molecule has 3 N–H and O–H groups in total. The standard InChI is InChI=1S/C25H28N6O4/c32-18-7-6-14-31(16-18)25-28-23(27-24(29-25)30-12-4-5-13-30)26-17-10-11-20(21(33)15-17)22(34)35-19-8-2-1-3-9-19/h1-3,8-11,15,18,32-33H,4-7,12-14,16H2,(H,26,27,28,29). The molecule has 10 nitrogen and oxygen atoms in total. The maximum Gasteiger partial charge on any atom is 0.347 e. The SMILES string of the molecule is O=C(Oc1ccccc1)c1ccc(Nc2nc(N3CCCC3)nc(N3CCCC(O)C3)n2)cc1O. The number of para-hydroxylation sites is 1. The Balaban J connectivity index is 1.37. The summed E-state index contributed by atoms with van der Waals surface area (Å²) in [5.74, 6) is 0.953. The van der Waals surface area contributed by atoms with Crippen molar-refractivity contribution >= 4 is 29.5 Å². The van der Waals surface area contributed by atoms with Crippen LogP contribution in [0.4, 0.5) is 23.5 Å². The Morgan fingerprint density at radius 2 is 1.66 bits per heavy atom.